The van der Waals surface area contributed by atoms with Gasteiger partial charge in [0, 0.05) is 47.8 Å². The van der Waals surface area contributed by atoms with Crippen LogP contribution in [0.1, 0.15) is 49.9 Å². The minimum absolute atomic E-state index is 0.0949. The van der Waals surface area contributed by atoms with Gasteiger partial charge >= 0.3 is 0 Å². The van der Waals surface area contributed by atoms with Gasteiger partial charge in [-0.25, -0.2) is 0 Å². The maximum Gasteiger partial charge on any atom is 0.0543 e. The van der Waals surface area contributed by atoms with E-state index in [0.717, 1.165) is 5.69 Å². The maximum absolute atomic E-state index is 2.55. The molecule has 7 aromatic carbocycles. The molecule has 2 heteroatoms. The van der Waals surface area contributed by atoms with E-state index in [4.69, 9.17) is 0 Å². The molecule has 8 aromatic rings. The highest BCUT2D eigenvalue weighted by atomic mass is 32.1. The van der Waals surface area contributed by atoms with Gasteiger partial charge in [0.25, 0.3) is 0 Å². The number of nitrogens with zero attached hydrogens (tertiary/aromatic N) is 1. The number of fused-ring (bicyclic) bond motifs is 9. The first-order valence-corrected chi connectivity index (χ1v) is 18.4. The highest BCUT2D eigenvalue weighted by Gasteiger charge is 2.40. The third-order valence-corrected chi connectivity index (χ3v) is 12.6. The van der Waals surface area contributed by atoms with E-state index in [-0.39, 0.29) is 10.8 Å². The first-order chi connectivity index (χ1) is 24.3. The molecule has 10 rings (SSSR count). The van der Waals surface area contributed by atoms with Crippen LogP contribution in [0.5, 0.6) is 0 Å². The summed E-state index contributed by atoms with van der Waals surface area (Å²) in [5.41, 5.74) is 16.7. The van der Waals surface area contributed by atoms with Crippen molar-refractivity contribution in [3.05, 3.63) is 174 Å². The van der Waals surface area contributed by atoms with Crippen molar-refractivity contribution in [3.8, 4) is 33.4 Å². The Morgan fingerprint density at radius 3 is 1.60 bits per heavy atom. The average Bonchev–Trinajstić information content (AvgIpc) is 3.72. The van der Waals surface area contributed by atoms with Crippen molar-refractivity contribution in [2.75, 3.05) is 4.90 Å². The quantitative estimate of drug-likeness (QED) is 0.182. The lowest BCUT2D eigenvalue weighted by Gasteiger charge is -2.31. The van der Waals surface area contributed by atoms with Gasteiger partial charge in [0.15, 0.2) is 0 Å². The number of hydrogen-bond acceptors (Lipinski definition) is 2. The lowest BCUT2D eigenvalue weighted by molar-refractivity contribution is 0.660. The summed E-state index contributed by atoms with van der Waals surface area (Å²) in [6.45, 7) is 9.48. The fraction of sp³-hybridized carbons (Fsp3) is 0.125. The molecule has 2 aliphatic carbocycles. The van der Waals surface area contributed by atoms with Crippen LogP contribution in [0.3, 0.4) is 0 Å². The van der Waals surface area contributed by atoms with Crippen molar-refractivity contribution in [1.29, 1.82) is 0 Å². The molecule has 0 fully saturated rings. The van der Waals surface area contributed by atoms with E-state index in [9.17, 15) is 0 Å². The standard InChI is InChI=1S/C48H37NS/c1-47(2)37-19-8-5-17-35(37)45-39(47)21-12-23-41(45)49(42-24-13-22-40-46(42)36-18-6-9-20-38(36)48(40,3)4)32-15-11-14-30(28-32)31-26-27-34-33-16-7-10-25-43(33)50-44(34)29-31/h5-29H,1-4H3. The largest absolute Gasteiger partial charge is 0.309 e. The first-order valence-electron chi connectivity index (χ1n) is 17.6. The second-order valence-electron chi connectivity index (χ2n) is 14.9. The highest BCUT2D eigenvalue weighted by molar-refractivity contribution is 7.25. The monoisotopic (exact) mass is 659 g/mol. The summed E-state index contributed by atoms with van der Waals surface area (Å²) in [4.78, 5) is 2.55. The Bertz CT molecular complexity index is 2560. The number of thiophene rings is 1. The summed E-state index contributed by atoms with van der Waals surface area (Å²) < 4.78 is 2.66. The van der Waals surface area contributed by atoms with E-state index in [1.807, 2.05) is 11.3 Å². The summed E-state index contributed by atoms with van der Waals surface area (Å²) in [7, 11) is 0. The van der Waals surface area contributed by atoms with Crippen LogP contribution >= 0.6 is 11.3 Å². The van der Waals surface area contributed by atoms with Crippen molar-refractivity contribution in [2.24, 2.45) is 0 Å². The third kappa shape index (κ3) is 4.06. The Labute approximate surface area is 298 Å². The van der Waals surface area contributed by atoms with E-state index >= 15 is 0 Å². The Hall–Kier alpha value is -5.44. The maximum atomic E-state index is 2.55. The third-order valence-electron chi connectivity index (χ3n) is 11.5. The second-order valence-corrected chi connectivity index (χ2v) is 16.0. The molecule has 1 heterocycles. The molecular formula is C48H37NS. The fourth-order valence-corrected chi connectivity index (χ4v) is 10.1. The minimum atomic E-state index is -0.0949. The topological polar surface area (TPSA) is 3.24 Å². The summed E-state index contributed by atoms with van der Waals surface area (Å²) in [5, 5.41) is 2.66. The van der Waals surface area contributed by atoms with Crippen LogP contribution in [-0.2, 0) is 10.8 Å². The van der Waals surface area contributed by atoms with Crippen molar-refractivity contribution >= 4 is 48.6 Å². The van der Waals surface area contributed by atoms with Crippen molar-refractivity contribution in [1.82, 2.24) is 0 Å². The van der Waals surface area contributed by atoms with Crippen LogP contribution in [0.2, 0.25) is 0 Å². The molecule has 0 amide bonds. The summed E-state index contributed by atoms with van der Waals surface area (Å²) in [6.07, 6.45) is 0. The minimum Gasteiger partial charge on any atom is -0.309 e. The van der Waals surface area contributed by atoms with Gasteiger partial charge in [-0.1, -0.05) is 143 Å². The zero-order valence-electron chi connectivity index (χ0n) is 28.8. The molecular weight excluding hydrogens is 623 g/mol. The lowest BCUT2D eigenvalue weighted by atomic mass is 9.82. The van der Waals surface area contributed by atoms with Gasteiger partial charge in [-0.05, 0) is 80.9 Å². The molecule has 0 bridgehead atoms. The Morgan fingerprint density at radius 2 is 0.940 bits per heavy atom. The molecule has 0 radical (unpaired) electrons. The van der Waals surface area contributed by atoms with Gasteiger partial charge in [0.05, 0.1) is 11.4 Å². The summed E-state index contributed by atoms with van der Waals surface area (Å²) >= 11 is 1.88. The normalized spacial score (nSPS) is 14.7. The second kappa shape index (κ2) is 10.5. The summed E-state index contributed by atoms with van der Waals surface area (Å²) in [6, 6.07) is 56.7. The molecule has 1 nitrogen and oxygen atoms in total. The molecule has 0 saturated heterocycles. The van der Waals surface area contributed by atoms with Gasteiger partial charge in [-0.15, -0.1) is 11.3 Å². The van der Waals surface area contributed by atoms with Crippen molar-refractivity contribution < 1.29 is 0 Å². The van der Waals surface area contributed by atoms with E-state index in [1.54, 1.807) is 0 Å². The van der Waals surface area contributed by atoms with Gasteiger partial charge in [0.1, 0.15) is 0 Å². The van der Waals surface area contributed by atoms with Crippen LogP contribution in [0.15, 0.2) is 152 Å². The predicted molar refractivity (Wildman–Crippen MR) is 215 cm³/mol. The van der Waals surface area contributed by atoms with Gasteiger partial charge in [0.2, 0.25) is 0 Å². The Kier molecular flexibility index (Phi) is 6.21. The SMILES string of the molecule is CC1(C)c2ccccc2-c2c(N(c3cccc(-c4ccc5c(c4)sc4ccccc45)c3)c3cccc4c3-c3ccccc3C4(C)C)cccc21. The van der Waals surface area contributed by atoms with Crippen LogP contribution in [0.25, 0.3) is 53.6 Å². The van der Waals surface area contributed by atoms with Gasteiger partial charge in [-0.3, -0.25) is 0 Å². The van der Waals surface area contributed by atoms with Crippen LogP contribution in [0, 0.1) is 0 Å². The lowest BCUT2D eigenvalue weighted by Crippen LogP contribution is -2.17. The molecule has 0 atom stereocenters. The van der Waals surface area contributed by atoms with Gasteiger partial charge < -0.3 is 4.90 Å². The summed E-state index contributed by atoms with van der Waals surface area (Å²) in [5.74, 6) is 0. The molecule has 50 heavy (non-hydrogen) atoms. The Balaban J connectivity index is 1.24. The number of anilines is 3. The van der Waals surface area contributed by atoms with Crippen molar-refractivity contribution in [2.45, 2.75) is 38.5 Å². The van der Waals surface area contributed by atoms with Crippen molar-refractivity contribution in [3.63, 3.8) is 0 Å². The van der Waals surface area contributed by atoms with Crippen LogP contribution < -0.4 is 4.90 Å². The number of benzene rings is 7. The van der Waals surface area contributed by atoms with E-state index in [2.05, 4.69) is 184 Å². The molecule has 1 aromatic heterocycles. The molecule has 0 saturated carbocycles. The van der Waals surface area contributed by atoms with E-state index in [0.29, 0.717) is 0 Å². The Morgan fingerprint density at radius 1 is 0.420 bits per heavy atom. The molecule has 2 aliphatic rings. The first kappa shape index (κ1) is 29.5. The van der Waals surface area contributed by atoms with E-state index in [1.165, 1.54) is 87.2 Å². The molecule has 0 spiro atoms. The zero-order chi connectivity index (χ0) is 33.8. The van der Waals surface area contributed by atoms with Gasteiger partial charge in [-0.2, -0.15) is 0 Å². The van der Waals surface area contributed by atoms with E-state index < -0.39 is 0 Å². The molecule has 0 N–H and O–H groups in total. The van der Waals surface area contributed by atoms with Crippen LogP contribution in [0.4, 0.5) is 17.1 Å². The average molecular weight is 660 g/mol. The fourth-order valence-electron chi connectivity index (χ4n) is 8.98. The predicted octanol–water partition coefficient (Wildman–Crippen LogP) is 13.8. The number of rotatable bonds is 4. The highest BCUT2D eigenvalue weighted by Crippen LogP contribution is 2.58. The van der Waals surface area contributed by atoms with Crippen LogP contribution in [-0.4, -0.2) is 0 Å². The number of hydrogen-bond donors (Lipinski definition) is 0. The molecule has 0 aliphatic heterocycles. The molecule has 0 unspecified atom stereocenters. The molecule has 240 valence electrons. The zero-order valence-corrected chi connectivity index (χ0v) is 29.6. The smallest absolute Gasteiger partial charge is 0.0543 e.